The number of carboxylic acid groups (broad SMARTS) is 1. The highest BCUT2D eigenvalue weighted by Crippen LogP contribution is 2.10. The van der Waals surface area contributed by atoms with Gasteiger partial charge in [-0.05, 0) is 13.0 Å². The molecule has 0 fully saturated rings. The summed E-state index contributed by atoms with van der Waals surface area (Å²) in [7, 11) is 0. The molecule has 11 heavy (non-hydrogen) atoms. The minimum atomic E-state index is -1.02. The number of anilines is 1. The summed E-state index contributed by atoms with van der Waals surface area (Å²) < 4.78 is 0. The minimum Gasteiger partial charge on any atom is -0.478 e. The lowest BCUT2D eigenvalue weighted by Gasteiger charge is -1.99. The van der Waals surface area contributed by atoms with Gasteiger partial charge in [-0.25, -0.2) is 4.79 Å². The molecule has 0 bridgehead atoms. The first-order valence-corrected chi connectivity index (χ1v) is 3.06. The van der Waals surface area contributed by atoms with Crippen LogP contribution in [0.5, 0.6) is 0 Å². The standard InChI is InChI=1S/C7H8N2O2/c1-4-2-5(7(10)11)6(8)3-9-4/h2-3H,8H2,1H3,(H,10,11). The van der Waals surface area contributed by atoms with E-state index >= 15 is 0 Å². The fourth-order valence-electron chi connectivity index (χ4n) is 0.756. The van der Waals surface area contributed by atoms with E-state index in [0.29, 0.717) is 5.69 Å². The van der Waals surface area contributed by atoms with Crippen molar-refractivity contribution in [1.29, 1.82) is 0 Å². The van der Waals surface area contributed by atoms with Gasteiger partial charge in [-0.15, -0.1) is 0 Å². The molecule has 3 N–H and O–H groups in total. The second-order valence-electron chi connectivity index (χ2n) is 2.22. The van der Waals surface area contributed by atoms with Crippen molar-refractivity contribution in [3.63, 3.8) is 0 Å². The average molecular weight is 152 g/mol. The topological polar surface area (TPSA) is 76.2 Å². The molecule has 58 valence electrons. The summed E-state index contributed by atoms with van der Waals surface area (Å²) in [6, 6.07) is 1.44. The van der Waals surface area contributed by atoms with E-state index in [1.54, 1.807) is 6.92 Å². The first-order valence-electron chi connectivity index (χ1n) is 3.06. The largest absolute Gasteiger partial charge is 0.478 e. The van der Waals surface area contributed by atoms with Gasteiger partial charge in [0, 0.05) is 5.69 Å². The Kier molecular flexibility index (Phi) is 1.76. The molecule has 1 rings (SSSR count). The number of nitrogens with zero attached hydrogens (tertiary/aromatic N) is 1. The Morgan fingerprint density at radius 3 is 2.82 bits per heavy atom. The van der Waals surface area contributed by atoms with E-state index in [9.17, 15) is 4.79 Å². The summed E-state index contributed by atoms with van der Waals surface area (Å²) in [4.78, 5) is 14.3. The number of hydrogen-bond donors (Lipinski definition) is 2. The molecule has 0 aliphatic carbocycles. The SMILES string of the molecule is Cc1cc(C(=O)O)c(N)cn1. The van der Waals surface area contributed by atoms with Crippen molar-refractivity contribution in [2.75, 3.05) is 5.73 Å². The van der Waals surface area contributed by atoms with Crippen molar-refractivity contribution in [2.45, 2.75) is 6.92 Å². The summed E-state index contributed by atoms with van der Waals surface area (Å²) in [5.74, 6) is -1.02. The Morgan fingerprint density at radius 1 is 1.73 bits per heavy atom. The van der Waals surface area contributed by atoms with E-state index in [1.807, 2.05) is 0 Å². The molecule has 0 aliphatic heterocycles. The number of aromatic nitrogens is 1. The Bertz CT molecular complexity index is 296. The van der Waals surface area contributed by atoms with Crippen LogP contribution in [0.25, 0.3) is 0 Å². The predicted octanol–water partition coefficient (Wildman–Crippen LogP) is 0.670. The van der Waals surface area contributed by atoms with E-state index in [-0.39, 0.29) is 11.3 Å². The van der Waals surface area contributed by atoms with E-state index in [2.05, 4.69) is 4.98 Å². The van der Waals surface area contributed by atoms with Gasteiger partial charge in [-0.1, -0.05) is 0 Å². The Labute approximate surface area is 63.7 Å². The molecule has 4 nitrogen and oxygen atoms in total. The van der Waals surface area contributed by atoms with Crippen LogP contribution in [-0.4, -0.2) is 16.1 Å². The summed E-state index contributed by atoms with van der Waals surface area (Å²) in [5, 5.41) is 8.58. The van der Waals surface area contributed by atoms with Crippen molar-refractivity contribution in [3.05, 3.63) is 23.5 Å². The molecule has 0 atom stereocenters. The third-order valence-electron chi connectivity index (χ3n) is 1.30. The molecule has 4 heteroatoms. The highest BCUT2D eigenvalue weighted by Gasteiger charge is 2.06. The van der Waals surface area contributed by atoms with E-state index < -0.39 is 5.97 Å². The number of aromatic carboxylic acids is 1. The first-order chi connectivity index (χ1) is 5.11. The third-order valence-corrected chi connectivity index (χ3v) is 1.30. The van der Waals surface area contributed by atoms with E-state index in [4.69, 9.17) is 10.8 Å². The first kappa shape index (κ1) is 7.53. The molecule has 0 aromatic carbocycles. The number of aryl methyl sites for hydroxylation is 1. The maximum absolute atomic E-state index is 10.5. The Hall–Kier alpha value is -1.58. The van der Waals surface area contributed by atoms with Crippen molar-refractivity contribution in [1.82, 2.24) is 4.98 Å². The molecule has 0 aliphatic rings. The number of carbonyl (C=O) groups is 1. The van der Waals surface area contributed by atoms with Gasteiger partial charge in [-0.2, -0.15) is 0 Å². The number of carboxylic acids is 1. The van der Waals surface area contributed by atoms with Crippen molar-refractivity contribution >= 4 is 11.7 Å². The van der Waals surface area contributed by atoms with Gasteiger partial charge in [0.25, 0.3) is 0 Å². The molecular formula is C7H8N2O2. The maximum Gasteiger partial charge on any atom is 0.337 e. The second-order valence-corrected chi connectivity index (χ2v) is 2.22. The molecule has 0 saturated carbocycles. The minimum absolute atomic E-state index is 0.109. The second kappa shape index (κ2) is 2.57. The van der Waals surface area contributed by atoms with Crippen LogP contribution in [0.3, 0.4) is 0 Å². The fourth-order valence-corrected chi connectivity index (χ4v) is 0.756. The number of nitrogens with two attached hydrogens (primary N) is 1. The van der Waals surface area contributed by atoms with Gasteiger partial charge in [0.1, 0.15) is 0 Å². The molecule has 1 heterocycles. The van der Waals surface area contributed by atoms with Gasteiger partial charge in [0.15, 0.2) is 0 Å². The lowest BCUT2D eigenvalue weighted by atomic mass is 10.2. The molecule has 0 saturated heterocycles. The zero-order valence-corrected chi connectivity index (χ0v) is 6.03. The molecule has 0 spiro atoms. The average Bonchev–Trinajstić information content (AvgIpc) is 1.94. The molecule has 0 radical (unpaired) electrons. The number of nitrogen functional groups attached to an aromatic ring is 1. The summed E-state index contributed by atoms with van der Waals surface area (Å²) in [6.07, 6.45) is 1.35. The number of hydrogen-bond acceptors (Lipinski definition) is 3. The number of rotatable bonds is 1. The molecule has 0 unspecified atom stereocenters. The maximum atomic E-state index is 10.5. The van der Waals surface area contributed by atoms with Gasteiger partial charge in [-0.3, -0.25) is 4.98 Å². The third kappa shape index (κ3) is 1.46. The smallest absolute Gasteiger partial charge is 0.337 e. The zero-order chi connectivity index (χ0) is 8.43. The van der Waals surface area contributed by atoms with Crippen LogP contribution in [0.2, 0.25) is 0 Å². The molecule has 1 aromatic rings. The van der Waals surface area contributed by atoms with Gasteiger partial charge >= 0.3 is 5.97 Å². The van der Waals surface area contributed by atoms with Crippen LogP contribution >= 0.6 is 0 Å². The van der Waals surface area contributed by atoms with Crippen molar-refractivity contribution in [2.24, 2.45) is 0 Å². The lowest BCUT2D eigenvalue weighted by molar-refractivity contribution is 0.0698. The lowest BCUT2D eigenvalue weighted by Crippen LogP contribution is -2.03. The van der Waals surface area contributed by atoms with Crippen LogP contribution in [0, 0.1) is 6.92 Å². The molecular weight excluding hydrogens is 144 g/mol. The highest BCUT2D eigenvalue weighted by atomic mass is 16.4. The van der Waals surface area contributed by atoms with Crippen molar-refractivity contribution < 1.29 is 9.90 Å². The van der Waals surface area contributed by atoms with E-state index in [0.717, 1.165) is 0 Å². The summed E-state index contributed by atoms with van der Waals surface area (Å²) in [5.41, 5.74) is 6.30. The summed E-state index contributed by atoms with van der Waals surface area (Å²) in [6.45, 7) is 1.71. The predicted molar refractivity (Wildman–Crippen MR) is 40.3 cm³/mol. The highest BCUT2D eigenvalue weighted by molar-refractivity contribution is 5.93. The van der Waals surface area contributed by atoms with Crippen LogP contribution in [0.15, 0.2) is 12.3 Å². The van der Waals surface area contributed by atoms with Gasteiger partial charge in [0.2, 0.25) is 0 Å². The van der Waals surface area contributed by atoms with E-state index in [1.165, 1.54) is 12.3 Å². The summed E-state index contributed by atoms with van der Waals surface area (Å²) >= 11 is 0. The monoisotopic (exact) mass is 152 g/mol. The normalized spacial score (nSPS) is 9.55. The molecule has 0 amide bonds. The van der Waals surface area contributed by atoms with Crippen LogP contribution in [-0.2, 0) is 0 Å². The van der Waals surface area contributed by atoms with Crippen molar-refractivity contribution in [3.8, 4) is 0 Å². The molecule has 1 aromatic heterocycles. The quantitative estimate of drug-likeness (QED) is 0.620. The zero-order valence-electron chi connectivity index (χ0n) is 6.03. The van der Waals surface area contributed by atoms with Gasteiger partial charge in [0.05, 0.1) is 17.4 Å². The van der Waals surface area contributed by atoms with Crippen LogP contribution in [0.4, 0.5) is 5.69 Å². The van der Waals surface area contributed by atoms with Crippen LogP contribution < -0.4 is 5.73 Å². The number of pyridine rings is 1. The fraction of sp³-hybridized carbons (Fsp3) is 0.143. The van der Waals surface area contributed by atoms with Crippen LogP contribution in [0.1, 0.15) is 16.1 Å². The van der Waals surface area contributed by atoms with Gasteiger partial charge < -0.3 is 10.8 Å². The Balaban J connectivity index is 3.23. The Morgan fingerprint density at radius 2 is 2.36 bits per heavy atom.